The molecule has 2 heterocycles. The van der Waals surface area contributed by atoms with Gasteiger partial charge in [0.2, 0.25) is 0 Å². The number of carbonyl (C=O) groups excluding carboxylic acids is 3. The second kappa shape index (κ2) is 9.23. The molecule has 2 aliphatic rings. The molecule has 1 saturated carbocycles. The minimum atomic E-state index is -0.722. The molecule has 0 radical (unpaired) electrons. The highest BCUT2D eigenvalue weighted by atomic mass is 35.5. The van der Waals surface area contributed by atoms with Crippen molar-refractivity contribution in [3.8, 4) is 0 Å². The fourth-order valence-corrected chi connectivity index (χ4v) is 4.82. The van der Waals surface area contributed by atoms with E-state index in [4.69, 9.17) is 16.3 Å². The average Bonchev–Trinajstić information content (AvgIpc) is 3.37. The molecule has 1 aromatic carbocycles. The molecule has 31 heavy (non-hydrogen) atoms. The number of carbonyl (C=O) groups is 3. The van der Waals surface area contributed by atoms with Crippen LogP contribution in [0.3, 0.4) is 0 Å². The first kappa shape index (κ1) is 21.6. The summed E-state index contributed by atoms with van der Waals surface area (Å²) in [5.41, 5.74) is 0.232. The Morgan fingerprint density at radius 1 is 1.10 bits per heavy atom. The Morgan fingerprint density at radius 3 is 2.48 bits per heavy atom. The molecule has 1 aliphatic carbocycles. The SMILES string of the molecule is O=C(N[C@@H]1CCC[C@@H]1NC(=O)c1ccc(N2CCCOC2=O)cc1F)c1ccc(Cl)s1. The van der Waals surface area contributed by atoms with Crippen LogP contribution in [-0.2, 0) is 4.74 Å². The van der Waals surface area contributed by atoms with Crippen molar-refractivity contribution < 1.29 is 23.5 Å². The van der Waals surface area contributed by atoms with Crippen LogP contribution in [0.5, 0.6) is 0 Å². The van der Waals surface area contributed by atoms with E-state index >= 15 is 0 Å². The number of hydrogen-bond donors (Lipinski definition) is 2. The number of thiophene rings is 1. The van der Waals surface area contributed by atoms with Crippen molar-refractivity contribution in [1.29, 1.82) is 0 Å². The zero-order chi connectivity index (χ0) is 22.0. The molecule has 0 bridgehead atoms. The van der Waals surface area contributed by atoms with Gasteiger partial charge in [-0.3, -0.25) is 14.5 Å². The Morgan fingerprint density at radius 2 is 1.84 bits per heavy atom. The summed E-state index contributed by atoms with van der Waals surface area (Å²) in [5.74, 6) is -1.53. The summed E-state index contributed by atoms with van der Waals surface area (Å²) in [6.07, 6.45) is 2.36. The molecule has 7 nitrogen and oxygen atoms in total. The molecule has 0 spiro atoms. The lowest BCUT2D eigenvalue weighted by molar-refractivity contribution is 0.0891. The van der Waals surface area contributed by atoms with Crippen molar-refractivity contribution in [3.05, 3.63) is 50.9 Å². The third kappa shape index (κ3) is 4.83. The maximum absolute atomic E-state index is 14.7. The highest BCUT2D eigenvalue weighted by Gasteiger charge is 2.31. The van der Waals surface area contributed by atoms with Crippen LogP contribution in [0.25, 0.3) is 0 Å². The Balaban J connectivity index is 1.41. The zero-order valence-electron chi connectivity index (χ0n) is 16.5. The number of cyclic esters (lactones) is 1. The normalized spacial score (nSPS) is 21.0. The van der Waals surface area contributed by atoms with Crippen LogP contribution in [0.15, 0.2) is 30.3 Å². The Bertz CT molecular complexity index is 1010. The van der Waals surface area contributed by atoms with Gasteiger partial charge in [0.15, 0.2) is 0 Å². The second-order valence-electron chi connectivity index (χ2n) is 7.48. The van der Waals surface area contributed by atoms with Gasteiger partial charge < -0.3 is 15.4 Å². The van der Waals surface area contributed by atoms with Crippen LogP contribution >= 0.6 is 22.9 Å². The highest BCUT2D eigenvalue weighted by Crippen LogP contribution is 2.25. The molecule has 1 aliphatic heterocycles. The number of ether oxygens (including phenoxy) is 1. The van der Waals surface area contributed by atoms with Gasteiger partial charge in [-0.15, -0.1) is 11.3 Å². The molecule has 2 aromatic rings. The molecule has 3 amide bonds. The van der Waals surface area contributed by atoms with E-state index in [1.165, 1.54) is 28.4 Å². The Hall–Kier alpha value is -2.65. The summed E-state index contributed by atoms with van der Waals surface area (Å²) in [6.45, 7) is 0.777. The van der Waals surface area contributed by atoms with Crippen molar-refractivity contribution in [2.75, 3.05) is 18.1 Å². The lowest BCUT2D eigenvalue weighted by Crippen LogP contribution is -2.48. The van der Waals surface area contributed by atoms with Gasteiger partial charge in [0, 0.05) is 24.3 Å². The molecule has 2 atom stereocenters. The van der Waals surface area contributed by atoms with E-state index in [2.05, 4.69) is 10.6 Å². The molecule has 164 valence electrons. The van der Waals surface area contributed by atoms with Gasteiger partial charge in [-0.1, -0.05) is 11.6 Å². The summed E-state index contributed by atoms with van der Waals surface area (Å²) in [5, 5.41) is 5.77. The van der Waals surface area contributed by atoms with Gasteiger partial charge in [0.1, 0.15) is 5.82 Å². The lowest BCUT2D eigenvalue weighted by Gasteiger charge is -2.26. The standard InChI is InChI=1S/C21H21ClFN3O4S/c22-18-8-7-17(31-18)20(28)25-16-4-1-3-15(16)24-19(27)13-6-5-12(11-14(13)23)26-9-2-10-30-21(26)29/h5-8,11,15-16H,1-4,9-10H2,(H,24,27)(H,25,28)/t15-,16+/m0/s1. The summed E-state index contributed by atoms with van der Waals surface area (Å²) in [7, 11) is 0. The monoisotopic (exact) mass is 465 g/mol. The molecule has 2 fully saturated rings. The predicted molar refractivity (Wildman–Crippen MR) is 115 cm³/mol. The first-order valence-electron chi connectivity index (χ1n) is 10.0. The summed E-state index contributed by atoms with van der Waals surface area (Å²) < 4.78 is 20.2. The molecule has 1 saturated heterocycles. The summed E-state index contributed by atoms with van der Waals surface area (Å²) in [6, 6.07) is 6.81. The van der Waals surface area contributed by atoms with E-state index in [0.29, 0.717) is 47.3 Å². The molecule has 2 N–H and O–H groups in total. The van der Waals surface area contributed by atoms with Gasteiger partial charge in [-0.05, 0) is 56.0 Å². The van der Waals surface area contributed by atoms with Gasteiger partial charge in [-0.25, -0.2) is 9.18 Å². The smallest absolute Gasteiger partial charge is 0.414 e. The van der Waals surface area contributed by atoms with Crippen LogP contribution in [0, 0.1) is 5.82 Å². The fourth-order valence-electron chi connectivity index (χ4n) is 3.87. The zero-order valence-corrected chi connectivity index (χ0v) is 18.1. The first-order valence-corrected chi connectivity index (χ1v) is 11.2. The number of rotatable bonds is 5. The number of nitrogens with zero attached hydrogens (tertiary/aromatic N) is 1. The van der Waals surface area contributed by atoms with Crippen LogP contribution in [0.1, 0.15) is 45.7 Å². The van der Waals surface area contributed by atoms with E-state index in [1.807, 2.05) is 0 Å². The molecular formula is C21H21ClFN3O4S. The molecular weight excluding hydrogens is 445 g/mol. The second-order valence-corrected chi connectivity index (χ2v) is 9.19. The number of amides is 3. The van der Waals surface area contributed by atoms with E-state index in [-0.39, 0.29) is 23.6 Å². The Labute approximate surface area is 187 Å². The lowest BCUT2D eigenvalue weighted by atomic mass is 10.1. The number of anilines is 1. The van der Waals surface area contributed by atoms with E-state index in [1.54, 1.807) is 12.1 Å². The molecule has 4 rings (SSSR count). The molecule has 1 aromatic heterocycles. The third-order valence-corrected chi connectivity index (χ3v) is 6.66. The van der Waals surface area contributed by atoms with Gasteiger partial charge in [-0.2, -0.15) is 0 Å². The van der Waals surface area contributed by atoms with E-state index in [0.717, 1.165) is 12.5 Å². The van der Waals surface area contributed by atoms with Gasteiger partial charge >= 0.3 is 6.09 Å². The topological polar surface area (TPSA) is 87.7 Å². The van der Waals surface area contributed by atoms with Crippen molar-refractivity contribution in [2.45, 2.75) is 37.8 Å². The fraction of sp³-hybridized carbons (Fsp3) is 0.381. The third-order valence-electron chi connectivity index (χ3n) is 5.43. The van der Waals surface area contributed by atoms with Gasteiger partial charge in [0.25, 0.3) is 11.8 Å². The average molecular weight is 466 g/mol. The van der Waals surface area contributed by atoms with Crippen molar-refractivity contribution in [3.63, 3.8) is 0 Å². The van der Waals surface area contributed by atoms with Crippen LogP contribution < -0.4 is 15.5 Å². The number of benzene rings is 1. The molecule has 0 unspecified atom stereocenters. The number of hydrogen-bond acceptors (Lipinski definition) is 5. The quantitative estimate of drug-likeness (QED) is 0.699. The van der Waals surface area contributed by atoms with Crippen molar-refractivity contribution in [1.82, 2.24) is 10.6 Å². The summed E-state index contributed by atoms with van der Waals surface area (Å²) >= 11 is 7.07. The van der Waals surface area contributed by atoms with E-state index in [9.17, 15) is 18.8 Å². The molecule has 10 heteroatoms. The maximum atomic E-state index is 14.7. The number of halogens is 2. The first-order chi connectivity index (χ1) is 14.9. The van der Waals surface area contributed by atoms with Crippen LogP contribution in [0.4, 0.5) is 14.9 Å². The van der Waals surface area contributed by atoms with Crippen molar-refractivity contribution >= 4 is 46.5 Å². The minimum absolute atomic E-state index is 0.115. The number of nitrogens with one attached hydrogen (secondary N) is 2. The maximum Gasteiger partial charge on any atom is 0.414 e. The van der Waals surface area contributed by atoms with E-state index < -0.39 is 17.8 Å². The minimum Gasteiger partial charge on any atom is -0.449 e. The van der Waals surface area contributed by atoms with Gasteiger partial charge in [0.05, 0.1) is 21.4 Å². The predicted octanol–water partition coefficient (Wildman–Crippen LogP) is 3.97. The van der Waals surface area contributed by atoms with Crippen LogP contribution in [-0.4, -0.2) is 43.1 Å². The van der Waals surface area contributed by atoms with Crippen molar-refractivity contribution in [2.24, 2.45) is 0 Å². The van der Waals surface area contributed by atoms with Crippen LogP contribution in [0.2, 0.25) is 4.34 Å². The highest BCUT2D eigenvalue weighted by molar-refractivity contribution is 7.18. The Kier molecular flexibility index (Phi) is 6.43. The summed E-state index contributed by atoms with van der Waals surface area (Å²) in [4.78, 5) is 38.8. The largest absolute Gasteiger partial charge is 0.449 e.